The van der Waals surface area contributed by atoms with Crippen LogP contribution >= 0.6 is 0 Å². The topological polar surface area (TPSA) is 80.1 Å². The van der Waals surface area contributed by atoms with Gasteiger partial charge in [0.1, 0.15) is 22.5 Å². The van der Waals surface area contributed by atoms with Gasteiger partial charge in [-0.15, -0.1) is 0 Å². The van der Waals surface area contributed by atoms with Gasteiger partial charge >= 0.3 is 0 Å². The highest BCUT2D eigenvalue weighted by atomic mass is 16.6. The molecule has 0 radical (unpaired) electrons. The molecule has 0 aliphatic carbocycles. The third-order valence-corrected chi connectivity index (χ3v) is 5.14. The van der Waals surface area contributed by atoms with Gasteiger partial charge in [0.05, 0.1) is 7.11 Å². The molecule has 0 bridgehead atoms. The fourth-order valence-corrected chi connectivity index (χ4v) is 3.78. The number of methoxy groups -OCH3 is 1. The molecule has 136 valence electrons. The summed E-state index contributed by atoms with van der Waals surface area (Å²) in [6.45, 7) is 2.57. The van der Waals surface area contributed by atoms with Gasteiger partial charge in [-0.2, -0.15) is 5.10 Å². The Morgan fingerprint density at radius 2 is 2.07 bits per heavy atom. The molecule has 7 nitrogen and oxygen atoms in total. The highest BCUT2D eigenvalue weighted by Gasteiger charge is 2.24. The number of aromatic nitrogens is 4. The average molecular weight is 361 g/mol. The SMILES string of the molecule is COc1ccccc1-c1n[nH]c2c1CN(Cc1cccc3nonc13)CC2. The van der Waals surface area contributed by atoms with E-state index in [2.05, 4.69) is 37.5 Å². The van der Waals surface area contributed by atoms with Crippen LogP contribution in [0.5, 0.6) is 5.75 Å². The van der Waals surface area contributed by atoms with E-state index in [1.807, 2.05) is 30.3 Å². The second-order valence-corrected chi connectivity index (χ2v) is 6.74. The summed E-state index contributed by atoms with van der Waals surface area (Å²) in [5, 5.41) is 15.8. The number of H-pyrrole nitrogens is 1. The second kappa shape index (κ2) is 6.51. The van der Waals surface area contributed by atoms with E-state index in [1.165, 1.54) is 11.3 Å². The normalized spacial score (nSPS) is 14.4. The van der Waals surface area contributed by atoms with E-state index in [1.54, 1.807) is 7.11 Å². The number of para-hydroxylation sites is 1. The fraction of sp³-hybridized carbons (Fsp3) is 0.250. The smallest absolute Gasteiger partial charge is 0.139 e. The predicted molar refractivity (Wildman–Crippen MR) is 100 cm³/mol. The number of fused-ring (bicyclic) bond motifs is 2. The predicted octanol–water partition coefficient (Wildman–Crippen LogP) is 3.18. The van der Waals surface area contributed by atoms with E-state index in [0.29, 0.717) is 0 Å². The van der Waals surface area contributed by atoms with Crippen molar-refractivity contribution in [3.8, 4) is 17.0 Å². The molecule has 2 aromatic carbocycles. The number of rotatable bonds is 4. The molecule has 1 N–H and O–H groups in total. The highest BCUT2D eigenvalue weighted by Crippen LogP contribution is 2.34. The van der Waals surface area contributed by atoms with E-state index < -0.39 is 0 Å². The van der Waals surface area contributed by atoms with Crippen molar-refractivity contribution in [1.29, 1.82) is 0 Å². The van der Waals surface area contributed by atoms with Crippen molar-refractivity contribution in [2.75, 3.05) is 13.7 Å². The molecule has 5 rings (SSSR count). The summed E-state index contributed by atoms with van der Waals surface area (Å²) < 4.78 is 10.4. The third kappa shape index (κ3) is 2.76. The Morgan fingerprint density at radius 1 is 1.15 bits per heavy atom. The van der Waals surface area contributed by atoms with Crippen LogP contribution in [-0.2, 0) is 19.5 Å². The van der Waals surface area contributed by atoms with Crippen molar-refractivity contribution in [3.63, 3.8) is 0 Å². The number of benzene rings is 2. The number of nitrogens with zero attached hydrogens (tertiary/aromatic N) is 4. The Labute approximate surface area is 155 Å². The Balaban J connectivity index is 1.46. The monoisotopic (exact) mass is 361 g/mol. The number of ether oxygens (including phenoxy) is 1. The Morgan fingerprint density at radius 3 is 3.00 bits per heavy atom. The zero-order chi connectivity index (χ0) is 18.2. The molecule has 2 aromatic heterocycles. The first kappa shape index (κ1) is 16.0. The van der Waals surface area contributed by atoms with Crippen LogP contribution in [0, 0.1) is 0 Å². The summed E-state index contributed by atoms with van der Waals surface area (Å²) in [4.78, 5) is 2.40. The first-order valence-electron chi connectivity index (χ1n) is 8.95. The largest absolute Gasteiger partial charge is 0.496 e. The minimum atomic E-state index is 0.793. The van der Waals surface area contributed by atoms with Gasteiger partial charge in [-0.25, -0.2) is 4.63 Å². The van der Waals surface area contributed by atoms with Crippen LogP contribution in [0.2, 0.25) is 0 Å². The first-order valence-corrected chi connectivity index (χ1v) is 8.95. The molecule has 1 aliphatic rings. The van der Waals surface area contributed by atoms with Gasteiger partial charge in [0.25, 0.3) is 0 Å². The molecule has 0 saturated heterocycles. The fourth-order valence-electron chi connectivity index (χ4n) is 3.78. The summed E-state index contributed by atoms with van der Waals surface area (Å²) in [5.41, 5.74) is 7.17. The molecule has 0 saturated carbocycles. The zero-order valence-electron chi connectivity index (χ0n) is 15.0. The van der Waals surface area contributed by atoms with Crippen LogP contribution < -0.4 is 4.74 Å². The van der Waals surface area contributed by atoms with Crippen LogP contribution in [0.4, 0.5) is 0 Å². The number of hydrogen-bond acceptors (Lipinski definition) is 6. The van der Waals surface area contributed by atoms with Crippen molar-refractivity contribution in [1.82, 2.24) is 25.4 Å². The summed E-state index contributed by atoms with van der Waals surface area (Å²) in [7, 11) is 1.69. The Bertz CT molecular complexity index is 1100. The maximum absolute atomic E-state index is 5.53. The summed E-state index contributed by atoms with van der Waals surface area (Å²) >= 11 is 0. The minimum absolute atomic E-state index is 0.793. The molecule has 4 aromatic rings. The first-order chi connectivity index (χ1) is 13.3. The molecule has 0 spiro atoms. The lowest BCUT2D eigenvalue weighted by molar-refractivity contribution is 0.245. The molecule has 0 fully saturated rings. The van der Waals surface area contributed by atoms with Crippen LogP contribution in [0.3, 0.4) is 0 Å². The van der Waals surface area contributed by atoms with Gasteiger partial charge in [-0.1, -0.05) is 24.3 Å². The standard InChI is InChI=1S/C20H19N5O2/c1-26-18-8-3-2-6-14(18)20-15-12-25(10-9-16(15)21-22-20)11-13-5-4-7-17-19(13)24-27-23-17/h2-8H,9-12H2,1H3,(H,21,22). The van der Waals surface area contributed by atoms with Crippen molar-refractivity contribution < 1.29 is 9.37 Å². The van der Waals surface area contributed by atoms with Crippen molar-refractivity contribution in [2.24, 2.45) is 0 Å². The van der Waals surface area contributed by atoms with E-state index in [0.717, 1.165) is 59.7 Å². The number of hydrogen-bond donors (Lipinski definition) is 1. The summed E-state index contributed by atoms with van der Waals surface area (Å²) in [6.07, 6.45) is 0.935. The molecule has 7 heteroatoms. The summed E-state index contributed by atoms with van der Waals surface area (Å²) in [5.74, 6) is 0.836. The van der Waals surface area contributed by atoms with E-state index in [4.69, 9.17) is 9.37 Å². The van der Waals surface area contributed by atoms with Crippen molar-refractivity contribution in [3.05, 3.63) is 59.3 Å². The van der Waals surface area contributed by atoms with Crippen LogP contribution in [0.1, 0.15) is 16.8 Å². The highest BCUT2D eigenvalue weighted by molar-refractivity contribution is 5.76. The molecule has 0 unspecified atom stereocenters. The average Bonchev–Trinajstić information content (AvgIpc) is 3.35. The van der Waals surface area contributed by atoms with Gasteiger partial charge in [0.2, 0.25) is 0 Å². The number of aromatic amines is 1. The van der Waals surface area contributed by atoms with Crippen LogP contribution in [0.25, 0.3) is 22.3 Å². The molecule has 27 heavy (non-hydrogen) atoms. The van der Waals surface area contributed by atoms with Gasteiger partial charge in [0.15, 0.2) is 0 Å². The van der Waals surface area contributed by atoms with Gasteiger partial charge in [-0.05, 0) is 34.1 Å². The molecule has 3 heterocycles. The quantitative estimate of drug-likeness (QED) is 0.601. The zero-order valence-corrected chi connectivity index (χ0v) is 15.0. The van der Waals surface area contributed by atoms with E-state index in [-0.39, 0.29) is 0 Å². The van der Waals surface area contributed by atoms with Crippen molar-refractivity contribution >= 4 is 11.0 Å². The molecule has 0 atom stereocenters. The van der Waals surface area contributed by atoms with E-state index >= 15 is 0 Å². The maximum atomic E-state index is 5.53. The van der Waals surface area contributed by atoms with E-state index in [9.17, 15) is 0 Å². The minimum Gasteiger partial charge on any atom is -0.496 e. The van der Waals surface area contributed by atoms with Crippen LogP contribution in [-0.4, -0.2) is 39.1 Å². The Kier molecular flexibility index (Phi) is 3.86. The lowest BCUT2D eigenvalue weighted by atomic mass is 10.00. The molecular weight excluding hydrogens is 342 g/mol. The maximum Gasteiger partial charge on any atom is 0.139 e. The lowest BCUT2D eigenvalue weighted by Gasteiger charge is -2.27. The van der Waals surface area contributed by atoms with Crippen LogP contribution in [0.15, 0.2) is 47.1 Å². The van der Waals surface area contributed by atoms with Gasteiger partial charge in [-0.3, -0.25) is 10.00 Å². The second-order valence-electron chi connectivity index (χ2n) is 6.74. The Hall–Kier alpha value is -3.19. The molecule has 0 amide bonds. The number of nitrogens with one attached hydrogen (secondary N) is 1. The van der Waals surface area contributed by atoms with Gasteiger partial charge < -0.3 is 4.74 Å². The summed E-state index contributed by atoms with van der Waals surface area (Å²) in [6, 6.07) is 14.0. The lowest BCUT2D eigenvalue weighted by Crippen LogP contribution is -2.30. The molecular formula is C20H19N5O2. The molecule has 1 aliphatic heterocycles. The van der Waals surface area contributed by atoms with Gasteiger partial charge in [0, 0.05) is 42.9 Å². The van der Waals surface area contributed by atoms with Crippen molar-refractivity contribution in [2.45, 2.75) is 19.5 Å². The third-order valence-electron chi connectivity index (χ3n) is 5.14.